The monoisotopic (exact) mass is 413 g/mol. The Balaban J connectivity index is 1.46. The smallest absolute Gasteiger partial charge is 0.338 e. The van der Waals surface area contributed by atoms with Gasteiger partial charge in [0.2, 0.25) is 0 Å². The molecule has 1 aromatic carbocycles. The van der Waals surface area contributed by atoms with Crippen LogP contribution in [0.25, 0.3) is 0 Å². The number of benzene rings is 1. The molecule has 2 aliphatic rings. The first kappa shape index (κ1) is 20.0. The first-order valence-corrected chi connectivity index (χ1v) is 10.1. The summed E-state index contributed by atoms with van der Waals surface area (Å²) in [6, 6.07) is 3.69. The number of H-pyrrole nitrogens is 1. The quantitative estimate of drug-likeness (QED) is 0.437. The van der Waals surface area contributed by atoms with Gasteiger partial charge in [0, 0.05) is 42.6 Å². The average Bonchev–Trinajstić information content (AvgIpc) is 3.49. The van der Waals surface area contributed by atoms with Crippen molar-refractivity contribution in [2.75, 3.05) is 19.7 Å². The predicted octanol–water partition coefficient (Wildman–Crippen LogP) is 2.79. The van der Waals surface area contributed by atoms with E-state index in [2.05, 4.69) is 15.2 Å². The fourth-order valence-corrected chi connectivity index (χ4v) is 3.71. The molecule has 158 valence electrons. The molecule has 30 heavy (non-hydrogen) atoms. The molecule has 0 radical (unpaired) electrons. The van der Waals surface area contributed by atoms with Crippen LogP contribution in [-0.4, -0.2) is 56.6 Å². The van der Waals surface area contributed by atoms with Gasteiger partial charge in [0.1, 0.15) is 5.82 Å². The summed E-state index contributed by atoms with van der Waals surface area (Å²) in [6.07, 6.45) is 3.73. The van der Waals surface area contributed by atoms with Crippen LogP contribution < -0.4 is 0 Å². The molecule has 0 unspecified atom stereocenters. The van der Waals surface area contributed by atoms with E-state index in [1.54, 1.807) is 11.8 Å². The molecule has 10 nitrogen and oxygen atoms in total. The van der Waals surface area contributed by atoms with Crippen LogP contribution in [0.5, 0.6) is 0 Å². The molecule has 0 atom stereocenters. The van der Waals surface area contributed by atoms with Crippen LogP contribution in [0.4, 0.5) is 5.69 Å². The SMILES string of the molecule is CCOC(=O)c1cc(C(=O)N2CCC(c3nc(C4CC4)n[nH]3)CC2)cc([N+](=O)[O-])c1. The molecule has 10 heteroatoms. The summed E-state index contributed by atoms with van der Waals surface area (Å²) < 4.78 is 4.93. The van der Waals surface area contributed by atoms with Crippen LogP contribution in [0.2, 0.25) is 0 Å². The number of non-ortho nitro benzene ring substituents is 1. The second kappa shape index (κ2) is 8.21. The number of hydrogen-bond donors (Lipinski definition) is 1. The van der Waals surface area contributed by atoms with Crippen molar-refractivity contribution in [2.24, 2.45) is 0 Å². The van der Waals surface area contributed by atoms with Crippen LogP contribution in [0.15, 0.2) is 18.2 Å². The first-order chi connectivity index (χ1) is 14.5. The van der Waals surface area contributed by atoms with Crippen LogP contribution in [0.3, 0.4) is 0 Å². The van der Waals surface area contributed by atoms with E-state index in [1.165, 1.54) is 12.1 Å². The minimum absolute atomic E-state index is 0.00134. The molecule has 1 saturated heterocycles. The number of piperidine rings is 1. The van der Waals surface area contributed by atoms with Crippen molar-refractivity contribution in [2.45, 2.75) is 44.4 Å². The Morgan fingerprint density at radius 2 is 1.87 bits per heavy atom. The number of hydrogen-bond acceptors (Lipinski definition) is 7. The maximum Gasteiger partial charge on any atom is 0.338 e. The van der Waals surface area contributed by atoms with Crippen LogP contribution in [-0.2, 0) is 4.74 Å². The fraction of sp³-hybridized carbons (Fsp3) is 0.500. The molecule has 1 aromatic heterocycles. The van der Waals surface area contributed by atoms with Gasteiger partial charge in [0.25, 0.3) is 11.6 Å². The summed E-state index contributed by atoms with van der Waals surface area (Å²) in [5, 5.41) is 18.6. The summed E-state index contributed by atoms with van der Waals surface area (Å²) >= 11 is 0. The number of amides is 1. The van der Waals surface area contributed by atoms with Crippen molar-refractivity contribution in [3.63, 3.8) is 0 Å². The van der Waals surface area contributed by atoms with Gasteiger partial charge in [-0.3, -0.25) is 20.0 Å². The van der Waals surface area contributed by atoms with E-state index in [9.17, 15) is 19.7 Å². The topological polar surface area (TPSA) is 131 Å². The fourth-order valence-electron chi connectivity index (χ4n) is 3.71. The molecule has 1 N–H and O–H groups in total. The number of nitro benzene ring substituents is 1. The maximum absolute atomic E-state index is 13.0. The molecule has 0 bridgehead atoms. The number of esters is 1. The molecule has 2 heterocycles. The third kappa shape index (κ3) is 4.17. The highest BCUT2D eigenvalue weighted by Crippen LogP contribution is 2.38. The largest absolute Gasteiger partial charge is 0.462 e. The van der Waals surface area contributed by atoms with Crippen LogP contribution in [0, 0.1) is 10.1 Å². The molecule has 2 aromatic rings. The van der Waals surface area contributed by atoms with Gasteiger partial charge in [-0.2, -0.15) is 5.10 Å². The summed E-state index contributed by atoms with van der Waals surface area (Å²) in [6.45, 7) is 2.79. The summed E-state index contributed by atoms with van der Waals surface area (Å²) in [5.41, 5.74) is -0.201. The number of aromatic nitrogens is 3. The van der Waals surface area contributed by atoms with E-state index in [4.69, 9.17) is 4.74 Å². The minimum atomic E-state index is -0.689. The Morgan fingerprint density at radius 1 is 1.17 bits per heavy atom. The highest BCUT2D eigenvalue weighted by atomic mass is 16.6. The predicted molar refractivity (Wildman–Crippen MR) is 105 cm³/mol. The molecular formula is C20H23N5O5. The van der Waals surface area contributed by atoms with Crippen molar-refractivity contribution >= 4 is 17.6 Å². The molecule has 1 saturated carbocycles. The Morgan fingerprint density at radius 3 is 2.50 bits per heavy atom. The highest BCUT2D eigenvalue weighted by Gasteiger charge is 2.31. The highest BCUT2D eigenvalue weighted by molar-refractivity contribution is 5.99. The number of nitrogens with zero attached hydrogens (tertiary/aromatic N) is 4. The normalized spacial score (nSPS) is 17.0. The van der Waals surface area contributed by atoms with E-state index in [1.807, 2.05) is 0 Å². The van der Waals surface area contributed by atoms with Crippen molar-refractivity contribution in [3.8, 4) is 0 Å². The van der Waals surface area contributed by atoms with Crippen LogP contribution in [0.1, 0.15) is 76.8 Å². The van der Waals surface area contributed by atoms with Gasteiger partial charge in [-0.1, -0.05) is 0 Å². The van der Waals surface area contributed by atoms with Gasteiger partial charge in [0.05, 0.1) is 17.1 Å². The third-order valence-electron chi connectivity index (χ3n) is 5.52. The standard InChI is InChI=1S/C20H23N5O5/c1-2-30-20(27)15-9-14(10-16(11-15)25(28)29)19(26)24-7-5-13(6-8-24)18-21-17(22-23-18)12-3-4-12/h9-13H,2-8H2,1H3,(H,21,22,23). The lowest BCUT2D eigenvalue weighted by atomic mass is 9.95. The lowest BCUT2D eigenvalue weighted by Crippen LogP contribution is -2.38. The van der Waals surface area contributed by atoms with E-state index >= 15 is 0 Å². The van der Waals surface area contributed by atoms with Gasteiger partial charge >= 0.3 is 5.97 Å². The number of carbonyl (C=O) groups excluding carboxylic acids is 2. The van der Waals surface area contributed by atoms with E-state index in [0.29, 0.717) is 19.0 Å². The van der Waals surface area contributed by atoms with E-state index in [-0.39, 0.29) is 35.2 Å². The second-order valence-corrected chi connectivity index (χ2v) is 7.67. The van der Waals surface area contributed by atoms with E-state index < -0.39 is 10.9 Å². The lowest BCUT2D eigenvalue weighted by molar-refractivity contribution is -0.384. The maximum atomic E-state index is 13.0. The Bertz CT molecular complexity index is 976. The Hall–Kier alpha value is -3.30. The number of rotatable bonds is 6. The van der Waals surface area contributed by atoms with Crippen molar-refractivity contribution in [1.82, 2.24) is 20.1 Å². The average molecular weight is 413 g/mol. The summed E-state index contributed by atoms with van der Waals surface area (Å²) in [7, 11) is 0. The van der Waals surface area contributed by atoms with Crippen molar-refractivity contribution in [1.29, 1.82) is 0 Å². The molecule has 4 rings (SSSR count). The first-order valence-electron chi connectivity index (χ1n) is 10.1. The molecule has 1 amide bonds. The van der Waals surface area contributed by atoms with Gasteiger partial charge in [-0.15, -0.1) is 0 Å². The Kier molecular flexibility index (Phi) is 5.47. The number of carbonyl (C=O) groups is 2. The minimum Gasteiger partial charge on any atom is -0.462 e. The third-order valence-corrected chi connectivity index (χ3v) is 5.52. The van der Waals surface area contributed by atoms with Gasteiger partial charge in [0.15, 0.2) is 5.82 Å². The number of likely N-dealkylation sites (tertiary alicyclic amines) is 1. The molecular weight excluding hydrogens is 390 g/mol. The Labute approximate surface area is 172 Å². The van der Waals surface area contributed by atoms with Crippen molar-refractivity contribution < 1.29 is 19.2 Å². The number of aromatic amines is 1. The zero-order chi connectivity index (χ0) is 21.3. The second-order valence-electron chi connectivity index (χ2n) is 7.67. The van der Waals surface area contributed by atoms with Gasteiger partial charge in [-0.05, 0) is 38.7 Å². The van der Waals surface area contributed by atoms with Gasteiger partial charge < -0.3 is 9.64 Å². The van der Waals surface area contributed by atoms with E-state index in [0.717, 1.165) is 43.4 Å². The van der Waals surface area contributed by atoms with Crippen LogP contribution >= 0.6 is 0 Å². The number of ether oxygens (including phenoxy) is 1. The number of nitrogens with one attached hydrogen (secondary N) is 1. The zero-order valence-electron chi connectivity index (χ0n) is 16.7. The molecule has 2 fully saturated rings. The molecule has 0 spiro atoms. The summed E-state index contributed by atoms with van der Waals surface area (Å²) in [4.78, 5) is 41.9. The summed E-state index contributed by atoms with van der Waals surface area (Å²) in [5.74, 6) is 1.41. The van der Waals surface area contributed by atoms with Crippen molar-refractivity contribution in [3.05, 3.63) is 51.1 Å². The van der Waals surface area contributed by atoms with Gasteiger partial charge in [-0.25, -0.2) is 9.78 Å². The zero-order valence-corrected chi connectivity index (χ0v) is 16.7. The number of nitro groups is 1. The lowest BCUT2D eigenvalue weighted by Gasteiger charge is -2.31. The molecule has 1 aliphatic heterocycles. The molecule has 1 aliphatic carbocycles.